The van der Waals surface area contributed by atoms with Crippen molar-refractivity contribution in [2.45, 2.75) is 0 Å². The van der Waals surface area contributed by atoms with Gasteiger partial charge >= 0.3 is 0 Å². The van der Waals surface area contributed by atoms with Crippen LogP contribution in [0.2, 0.25) is 0 Å². The molecule has 0 aromatic heterocycles. The molecule has 0 aliphatic heterocycles. The molecule has 0 aromatic rings. The first-order valence-electron chi connectivity index (χ1n) is 2.00. The van der Waals surface area contributed by atoms with Gasteiger partial charge < -0.3 is 15.5 Å². The molecule has 7 heavy (non-hydrogen) atoms. The van der Waals surface area contributed by atoms with E-state index < -0.39 is 6.39 Å². The Morgan fingerprint density at radius 1 is 1.43 bits per heavy atom. The molecule has 23 valence electrons. The van der Waals surface area contributed by atoms with E-state index in [0.717, 1.165) is 0 Å². The first-order chi connectivity index (χ1) is 3.18. The Hall–Kier alpha value is 0.455. The lowest BCUT2D eigenvalue weighted by atomic mass is 8.76. The molecule has 0 N–H and O–H groups in total. The number of hydrogen-bond acceptors (Lipinski definition) is 0. The first-order valence-corrected chi connectivity index (χ1v) is 2.00. The summed E-state index contributed by atoms with van der Waals surface area (Å²) >= 11 is 0. The van der Waals surface area contributed by atoms with Crippen LogP contribution in [0.15, 0.2) is 0 Å². The van der Waals surface area contributed by atoms with E-state index in [4.69, 9.17) is 30.9 Å². The molecule has 0 atom stereocenters. The Bertz CT molecular complexity index is 37.3. The predicted octanol–water partition coefficient (Wildman–Crippen LogP) is -2.67. The Kier molecular flexibility index (Phi) is 3.68. The van der Waals surface area contributed by atoms with Gasteiger partial charge in [-0.15, -0.1) is 0 Å². The fourth-order valence-corrected chi connectivity index (χ4v) is 0.128. The molecule has 0 spiro atoms. The van der Waals surface area contributed by atoms with E-state index in [1.165, 1.54) is 7.06 Å². The second-order valence-corrected chi connectivity index (χ2v) is 1.35. The van der Waals surface area contributed by atoms with E-state index in [1.54, 1.807) is 0 Å². The third-order valence-corrected chi connectivity index (χ3v) is 0.667. The van der Waals surface area contributed by atoms with Crippen molar-refractivity contribution >= 4 is 50.8 Å². The standard InChI is InChI=1S/B7/c1-5-7(4)6(2)3/q-2. The van der Waals surface area contributed by atoms with E-state index in [2.05, 4.69) is 0 Å². The van der Waals surface area contributed by atoms with Crippen molar-refractivity contribution in [3.63, 3.8) is 0 Å². The van der Waals surface area contributed by atoms with E-state index >= 15 is 0 Å². The maximum absolute atomic E-state index is 5.19. The zero-order valence-electron chi connectivity index (χ0n) is 4.04. The van der Waals surface area contributed by atoms with Crippen LogP contribution in [0.3, 0.4) is 0 Å². The van der Waals surface area contributed by atoms with E-state index in [-0.39, 0.29) is 6.39 Å². The predicted molar refractivity (Wildman–Crippen MR) is 40.3 cm³/mol. The molecule has 0 nitrogen and oxygen atoms in total. The van der Waals surface area contributed by atoms with Crippen molar-refractivity contribution < 1.29 is 0 Å². The molecule has 0 bridgehead atoms. The zero-order valence-corrected chi connectivity index (χ0v) is 4.04. The normalized spacial score (nSPS) is 7.71. The summed E-state index contributed by atoms with van der Waals surface area (Å²) in [6.45, 7) is 0. The molecule has 0 rings (SSSR count). The van der Waals surface area contributed by atoms with Gasteiger partial charge in [-0.1, -0.05) is 6.39 Å². The van der Waals surface area contributed by atoms with Gasteiger partial charge in [-0.05, 0) is 15.5 Å². The van der Waals surface area contributed by atoms with E-state index in [1.807, 2.05) is 0 Å². The molecular formula is B7-2. The van der Waals surface area contributed by atoms with Crippen molar-refractivity contribution in [2.75, 3.05) is 0 Å². The Morgan fingerprint density at radius 3 is 1.86 bits per heavy atom. The van der Waals surface area contributed by atoms with E-state index in [9.17, 15) is 0 Å². The van der Waals surface area contributed by atoms with Crippen LogP contribution in [0, 0.1) is 0 Å². The van der Waals surface area contributed by atoms with Crippen LogP contribution in [0.25, 0.3) is 0 Å². The molecule has 0 saturated carbocycles. The van der Waals surface area contributed by atoms with Gasteiger partial charge in [0.1, 0.15) is 0 Å². The van der Waals surface area contributed by atoms with Crippen molar-refractivity contribution in [3.8, 4) is 0 Å². The summed E-state index contributed by atoms with van der Waals surface area (Å²) in [6.07, 6.45) is -0.926. The van der Waals surface area contributed by atoms with Crippen molar-refractivity contribution in [3.05, 3.63) is 0 Å². The second kappa shape index (κ2) is 3.46. The summed E-state index contributed by atoms with van der Waals surface area (Å²) in [7, 11) is 21.6. The fraction of sp³-hybridized carbons (Fsp3) is 0. The topological polar surface area (TPSA) is 0 Å². The summed E-state index contributed by atoms with van der Waals surface area (Å²) in [5.41, 5.74) is 0. The van der Waals surface area contributed by atoms with Crippen LogP contribution in [0.1, 0.15) is 0 Å². The second-order valence-electron chi connectivity index (χ2n) is 1.35. The summed E-state index contributed by atoms with van der Waals surface area (Å²) in [5.74, 6) is 0. The molecule has 0 heterocycles. The molecule has 0 amide bonds. The minimum Gasteiger partial charge on any atom is -0.690 e. The average molecular weight is 75.7 g/mol. The monoisotopic (exact) mass is 77.1 g/mol. The smallest absolute Gasteiger partial charge is 0.00620 e. The first kappa shape index (κ1) is 7.45. The van der Waals surface area contributed by atoms with Crippen LogP contribution < -0.4 is 0 Å². The van der Waals surface area contributed by atoms with Crippen molar-refractivity contribution in [1.82, 2.24) is 0 Å². The number of rotatable bonds is 2. The minimum atomic E-state index is -0.537. The zero-order chi connectivity index (χ0) is 5.86. The van der Waals surface area contributed by atoms with Gasteiger partial charge in [-0.25, -0.2) is 6.39 Å². The fourth-order valence-electron chi connectivity index (χ4n) is 0.128. The molecule has 0 unspecified atom stereocenters. The lowest BCUT2D eigenvalue weighted by Gasteiger charge is -2.27. The van der Waals surface area contributed by atoms with Crippen molar-refractivity contribution in [1.29, 1.82) is 0 Å². The Labute approximate surface area is 51.5 Å². The van der Waals surface area contributed by atoms with Gasteiger partial charge in [-0.3, -0.25) is 7.06 Å². The third-order valence-electron chi connectivity index (χ3n) is 0.667. The van der Waals surface area contributed by atoms with Crippen LogP contribution in [0.5, 0.6) is 0 Å². The summed E-state index contributed by atoms with van der Waals surface area (Å²) in [5, 5.41) is 0. The molecule has 0 aliphatic rings. The molecule has 7 heteroatoms. The van der Waals surface area contributed by atoms with E-state index in [0.29, 0.717) is 0 Å². The molecule has 0 saturated heterocycles. The lowest BCUT2D eigenvalue weighted by Crippen LogP contribution is -2.43. The summed E-state index contributed by atoms with van der Waals surface area (Å²) in [4.78, 5) is 0. The van der Waals surface area contributed by atoms with Gasteiger partial charge in [0.15, 0.2) is 0 Å². The molecule has 0 aromatic carbocycles. The molecule has 11 radical (unpaired) electrons. The van der Waals surface area contributed by atoms with Crippen molar-refractivity contribution in [2.24, 2.45) is 0 Å². The molecular weight excluding hydrogens is 75.7 g/mol. The SMILES string of the molecule is [B]B([B-])B([B])[B][B-]. The third kappa shape index (κ3) is 3.07. The van der Waals surface area contributed by atoms with Crippen LogP contribution in [-0.4, -0.2) is 50.8 Å². The highest BCUT2D eigenvalue weighted by molar-refractivity contribution is 7.81. The average Bonchev–Trinajstić information content (AvgIpc) is 1.65. The highest BCUT2D eigenvalue weighted by Crippen LogP contribution is 1.68. The summed E-state index contributed by atoms with van der Waals surface area (Å²) in [6, 6.07) is 0. The van der Waals surface area contributed by atoms with Gasteiger partial charge in [0.25, 0.3) is 0 Å². The lowest BCUT2D eigenvalue weighted by molar-refractivity contribution is 3.70. The maximum Gasteiger partial charge on any atom is -0.00620 e. The maximum atomic E-state index is 5.19. The van der Waals surface area contributed by atoms with Gasteiger partial charge in [0.05, 0.1) is 0 Å². The molecule has 0 aliphatic carbocycles. The summed E-state index contributed by atoms with van der Waals surface area (Å²) < 4.78 is 0. The van der Waals surface area contributed by atoms with Crippen LogP contribution in [-0.2, 0) is 0 Å². The van der Waals surface area contributed by atoms with Gasteiger partial charge in [0, 0.05) is 0 Å². The quantitative estimate of drug-likeness (QED) is 0.314. The molecule has 0 fully saturated rings. The van der Waals surface area contributed by atoms with Crippen LogP contribution >= 0.6 is 0 Å². The van der Waals surface area contributed by atoms with Gasteiger partial charge in [-0.2, -0.15) is 0 Å². The highest BCUT2D eigenvalue weighted by atomic mass is 12.9. The highest BCUT2D eigenvalue weighted by Gasteiger charge is 1.87. The van der Waals surface area contributed by atoms with Crippen LogP contribution in [0.4, 0.5) is 0 Å². The Balaban J connectivity index is 3.14. The largest absolute Gasteiger partial charge is 0.690 e. The van der Waals surface area contributed by atoms with Gasteiger partial charge in [0.2, 0.25) is 0 Å². The Morgan fingerprint density at radius 2 is 1.86 bits per heavy atom. The minimum absolute atomic E-state index is 0.389. The number of hydrogen-bond donors (Lipinski definition) is 0.